The summed E-state index contributed by atoms with van der Waals surface area (Å²) in [6.07, 6.45) is -15.3. The number of aliphatic hydroxyl groups excluding tert-OH is 2. The van der Waals surface area contributed by atoms with Gasteiger partial charge in [0, 0.05) is 16.8 Å². The smallest absolute Gasteiger partial charge is 0.392 e. The Morgan fingerprint density at radius 1 is 0.532 bits per heavy atom. The minimum Gasteiger partial charge on any atom is -0.392 e. The summed E-state index contributed by atoms with van der Waals surface area (Å²) in [5.41, 5.74) is -3.62. The van der Waals surface area contributed by atoms with Crippen molar-refractivity contribution in [3.05, 3.63) is 0 Å². The van der Waals surface area contributed by atoms with E-state index in [1.165, 1.54) is 13.8 Å². The van der Waals surface area contributed by atoms with E-state index >= 15 is 0 Å². The van der Waals surface area contributed by atoms with Crippen LogP contribution in [-0.2, 0) is 26.4 Å². The molecule has 4 aliphatic rings. The van der Waals surface area contributed by atoms with Crippen molar-refractivity contribution in [1.29, 1.82) is 0 Å². The third-order valence-corrected chi connectivity index (χ3v) is 12.3. The fraction of sp³-hybridized carbons (Fsp3) is 0.929. The molecule has 0 aromatic carbocycles. The van der Waals surface area contributed by atoms with Crippen LogP contribution in [0.15, 0.2) is 0 Å². The molecule has 0 aliphatic heterocycles. The molecular formula is C28H34CoF14O4. The number of carbonyl (C=O) groups is 2. The van der Waals surface area contributed by atoms with E-state index in [4.69, 9.17) is 0 Å². The second kappa shape index (κ2) is 11.4. The number of ketones is 2. The van der Waals surface area contributed by atoms with Gasteiger partial charge in [-0.2, -0.15) is 61.5 Å². The van der Waals surface area contributed by atoms with Crippen molar-refractivity contribution in [3.8, 4) is 0 Å². The van der Waals surface area contributed by atoms with Gasteiger partial charge in [0.25, 0.3) is 0 Å². The summed E-state index contributed by atoms with van der Waals surface area (Å²) in [5.74, 6) is -35.5. The van der Waals surface area contributed by atoms with E-state index in [1.54, 1.807) is 27.7 Å². The standard InChI is InChI=1S/2C14H17F7O2.Co/c2*1-10(2)6-4-5-11(10,3)8(22)7(6)9(23)12(15,16)13(17,18)14(19,20)21;/h2*6-8,22H,4-5H2,1-3H3;. The molecule has 47 heavy (non-hydrogen) atoms. The number of fused-ring (bicyclic) bond motifs is 4. The van der Waals surface area contributed by atoms with E-state index in [2.05, 4.69) is 0 Å². The van der Waals surface area contributed by atoms with E-state index in [1.807, 2.05) is 0 Å². The van der Waals surface area contributed by atoms with E-state index in [9.17, 15) is 81.3 Å². The summed E-state index contributed by atoms with van der Waals surface area (Å²) in [6.45, 7) is 9.46. The average molecular weight is 759 g/mol. The van der Waals surface area contributed by atoms with E-state index in [-0.39, 0.29) is 29.6 Å². The van der Waals surface area contributed by atoms with Crippen LogP contribution < -0.4 is 0 Å². The summed E-state index contributed by atoms with van der Waals surface area (Å²) in [6, 6.07) is 0. The first-order chi connectivity index (χ1) is 20.1. The van der Waals surface area contributed by atoms with E-state index in [0.29, 0.717) is 12.8 Å². The normalized spacial score (nSPS) is 36.5. The molecule has 4 fully saturated rings. The van der Waals surface area contributed by atoms with Crippen molar-refractivity contribution in [2.24, 2.45) is 45.3 Å². The van der Waals surface area contributed by atoms with E-state index in [0.717, 1.165) is 0 Å². The molecule has 0 spiro atoms. The SMILES string of the molecule is CC1(C)C2CCC1(C)C(O)C2C(=O)C(F)(F)C(F)(F)C(F)(F)F.CC1(C)C2CCC1(C)C(O)C2C(=O)C(F)(F)C(F)(F)C(F)(F)F.[Co]. The van der Waals surface area contributed by atoms with Crippen molar-refractivity contribution >= 4 is 11.6 Å². The maximum Gasteiger partial charge on any atom is 0.460 e. The zero-order chi connectivity index (χ0) is 36.4. The fourth-order valence-corrected chi connectivity index (χ4v) is 8.41. The molecule has 1 radical (unpaired) electrons. The van der Waals surface area contributed by atoms with Crippen molar-refractivity contribution in [1.82, 2.24) is 0 Å². The minimum atomic E-state index is -6.56. The fourth-order valence-electron chi connectivity index (χ4n) is 8.41. The Bertz CT molecular complexity index is 1150. The Hall–Kier alpha value is -1.21. The zero-order valence-corrected chi connectivity index (χ0v) is 26.7. The number of Topliss-reactive ketones (excluding diaryl/α,β-unsaturated/α-hetero) is 2. The predicted molar refractivity (Wildman–Crippen MR) is 130 cm³/mol. The maximum absolute atomic E-state index is 13.7. The first kappa shape index (κ1) is 42.0. The quantitative estimate of drug-likeness (QED) is 0.273. The van der Waals surface area contributed by atoms with Crippen LogP contribution >= 0.6 is 0 Å². The topological polar surface area (TPSA) is 74.6 Å². The molecule has 0 amide bonds. The van der Waals surface area contributed by atoms with Crippen LogP contribution in [0, 0.1) is 45.3 Å². The van der Waals surface area contributed by atoms with Crippen LogP contribution in [0.25, 0.3) is 0 Å². The van der Waals surface area contributed by atoms with Gasteiger partial charge in [0.2, 0.25) is 11.6 Å². The summed E-state index contributed by atoms with van der Waals surface area (Å²) < 4.78 is 181. The van der Waals surface area contributed by atoms with Crippen molar-refractivity contribution in [2.45, 2.75) is 115 Å². The summed E-state index contributed by atoms with van der Waals surface area (Å²) in [4.78, 5) is 23.8. The summed E-state index contributed by atoms with van der Waals surface area (Å²) in [7, 11) is 0. The molecule has 4 rings (SSSR count). The van der Waals surface area contributed by atoms with Crippen LogP contribution in [0.1, 0.15) is 67.2 Å². The molecule has 19 heteroatoms. The van der Waals surface area contributed by atoms with E-state index < -0.39 is 105 Å². The number of halogens is 14. The van der Waals surface area contributed by atoms with Gasteiger partial charge >= 0.3 is 36.0 Å². The van der Waals surface area contributed by atoms with Crippen LogP contribution in [0.3, 0.4) is 0 Å². The molecule has 4 aliphatic carbocycles. The van der Waals surface area contributed by atoms with Crippen LogP contribution in [0.5, 0.6) is 0 Å². The first-order valence-electron chi connectivity index (χ1n) is 14.2. The second-order valence-corrected chi connectivity index (χ2v) is 14.5. The molecule has 4 bridgehead atoms. The van der Waals surface area contributed by atoms with Crippen molar-refractivity contribution < 1.29 is 98.0 Å². The minimum absolute atomic E-state index is 0. The van der Waals surface area contributed by atoms with Gasteiger partial charge in [0.1, 0.15) is 0 Å². The number of carbonyl (C=O) groups excluding carboxylic acids is 2. The molecule has 4 nitrogen and oxygen atoms in total. The summed E-state index contributed by atoms with van der Waals surface area (Å²) >= 11 is 0. The van der Waals surface area contributed by atoms with Gasteiger partial charge in [-0.05, 0) is 59.2 Å². The maximum atomic E-state index is 13.7. The van der Waals surface area contributed by atoms with Gasteiger partial charge in [-0.15, -0.1) is 0 Å². The Labute approximate surface area is 270 Å². The molecular weight excluding hydrogens is 725 g/mol. The number of hydrogen-bond donors (Lipinski definition) is 2. The molecule has 0 aromatic rings. The molecule has 0 heterocycles. The summed E-state index contributed by atoms with van der Waals surface area (Å²) in [5, 5.41) is 20.4. The van der Waals surface area contributed by atoms with Gasteiger partial charge in [-0.3, -0.25) is 9.59 Å². The average Bonchev–Trinajstić information content (AvgIpc) is 3.37. The van der Waals surface area contributed by atoms with Gasteiger partial charge in [-0.1, -0.05) is 41.5 Å². The van der Waals surface area contributed by atoms with Crippen LogP contribution in [0.2, 0.25) is 0 Å². The Kier molecular flexibility index (Phi) is 10.2. The Morgan fingerprint density at radius 2 is 0.766 bits per heavy atom. The number of hydrogen-bond acceptors (Lipinski definition) is 4. The Balaban J connectivity index is 0.000000320. The van der Waals surface area contributed by atoms with Gasteiger partial charge in [0.05, 0.1) is 24.0 Å². The Morgan fingerprint density at radius 3 is 0.936 bits per heavy atom. The third kappa shape index (κ3) is 5.27. The second-order valence-electron chi connectivity index (χ2n) is 14.5. The predicted octanol–water partition coefficient (Wildman–Crippen LogP) is 7.64. The molecule has 0 aromatic heterocycles. The van der Waals surface area contributed by atoms with Crippen LogP contribution in [0.4, 0.5) is 61.5 Å². The zero-order valence-electron chi connectivity index (χ0n) is 25.6. The molecule has 8 unspecified atom stereocenters. The monoisotopic (exact) mass is 759 g/mol. The van der Waals surface area contributed by atoms with Crippen molar-refractivity contribution in [2.75, 3.05) is 0 Å². The van der Waals surface area contributed by atoms with Gasteiger partial charge < -0.3 is 10.2 Å². The number of alkyl halides is 14. The largest absolute Gasteiger partial charge is 0.460 e. The molecule has 277 valence electrons. The molecule has 0 saturated heterocycles. The molecule has 2 N–H and O–H groups in total. The third-order valence-electron chi connectivity index (χ3n) is 12.3. The van der Waals surface area contributed by atoms with Crippen molar-refractivity contribution in [3.63, 3.8) is 0 Å². The molecule has 4 saturated carbocycles. The van der Waals surface area contributed by atoms with Gasteiger partial charge in [-0.25, -0.2) is 0 Å². The molecule has 8 atom stereocenters. The van der Waals surface area contributed by atoms with Crippen LogP contribution in [-0.4, -0.2) is 70.0 Å². The number of aliphatic hydroxyl groups is 2. The van der Waals surface area contributed by atoms with Gasteiger partial charge in [0.15, 0.2) is 0 Å². The first-order valence-corrected chi connectivity index (χ1v) is 14.2. The number of rotatable bonds is 6.